The summed E-state index contributed by atoms with van der Waals surface area (Å²) in [5, 5.41) is 7.40. The van der Waals surface area contributed by atoms with Gasteiger partial charge in [0.25, 0.3) is 0 Å². The van der Waals surface area contributed by atoms with Gasteiger partial charge in [-0.1, -0.05) is 20.8 Å². The van der Waals surface area contributed by atoms with E-state index in [1.165, 1.54) is 0 Å². The molecule has 0 aromatic carbocycles. The summed E-state index contributed by atoms with van der Waals surface area (Å²) in [5.74, 6) is 0.963. The van der Waals surface area contributed by atoms with Gasteiger partial charge in [-0.15, -0.1) is 0 Å². The molecular weight excluding hydrogens is 186 g/mol. The van der Waals surface area contributed by atoms with Crippen LogP contribution in [0.4, 0.5) is 0 Å². The van der Waals surface area contributed by atoms with E-state index in [0.29, 0.717) is 30.3 Å². The van der Waals surface area contributed by atoms with Crippen molar-refractivity contribution in [3.63, 3.8) is 0 Å². The zero-order valence-electron chi connectivity index (χ0n) is 10.9. The van der Waals surface area contributed by atoms with Crippen LogP contribution < -0.4 is 5.73 Å². The molecular formula is C12H27N3. The highest BCUT2D eigenvalue weighted by Crippen LogP contribution is 2.14. The molecule has 0 aliphatic rings. The lowest BCUT2D eigenvalue weighted by molar-refractivity contribution is 0.134. The number of nitrogens with two attached hydrogens (primary N) is 1. The highest BCUT2D eigenvalue weighted by molar-refractivity contribution is 5.77. The molecule has 1 unspecified atom stereocenters. The summed E-state index contributed by atoms with van der Waals surface area (Å²) in [6.45, 7) is 12.1. The Morgan fingerprint density at radius 1 is 1.27 bits per heavy atom. The second kappa shape index (κ2) is 6.83. The van der Waals surface area contributed by atoms with Crippen LogP contribution in [-0.4, -0.2) is 29.4 Å². The first-order valence-corrected chi connectivity index (χ1v) is 5.97. The SMILES string of the molecule is CCC(CC(=N)N)N(CC(C)C)C(C)C. The number of hydrogen-bond donors (Lipinski definition) is 2. The molecule has 0 aliphatic carbocycles. The Balaban J connectivity index is 4.47. The summed E-state index contributed by atoms with van der Waals surface area (Å²) in [7, 11) is 0. The maximum atomic E-state index is 7.40. The van der Waals surface area contributed by atoms with Gasteiger partial charge in [-0.05, 0) is 26.2 Å². The van der Waals surface area contributed by atoms with Crippen LogP contribution in [0.2, 0.25) is 0 Å². The molecule has 3 N–H and O–H groups in total. The van der Waals surface area contributed by atoms with Gasteiger partial charge in [0.1, 0.15) is 0 Å². The molecule has 0 saturated heterocycles. The Kier molecular flexibility index (Phi) is 6.57. The van der Waals surface area contributed by atoms with Crippen LogP contribution in [-0.2, 0) is 0 Å². The molecule has 0 amide bonds. The van der Waals surface area contributed by atoms with Crippen molar-refractivity contribution in [2.45, 2.75) is 59.5 Å². The maximum Gasteiger partial charge on any atom is 0.0921 e. The van der Waals surface area contributed by atoms with Crippen molar-refractivity contribution < 1.29 is 0 Å². The molecule has 0 radical (unpaired) electrons. The van der Waals surface area contributed by atoms with Crippen molar-refractivity contribution in [2.75, 3.05) is 6.54 Å². The Morgan fingerprint density at radius 3 is 2.07 bits per heavy atom. The summed E-state index contributed by atoms with van der Waals surface area (Å²) in [4.78, 5) is 2.46. The minimum atomic E-state index is 0.302. The normalized spacial score (nSPS) is 13.9. The van der Waals surface area contributed by atoms with Crippen LogP contribution >= 0.6 is 0 Å². The molecule has 0 rings (SSSR count). The molecule has 0 heterocycles. The molecule has 0 saturated carbocycles. The van der Waals surface area contributed by atoms with E-state index >= 15 is 0 Å². The minimum absolute atomic E-state index is 0.302. The van der Waals surface area contributed by atoms with Crippen LogP contribution in [0.3, 0.4) is 0 Å². The van der Waals surface area contributed by atoms with Gasteiger partial charge in [-0.25, -0.2) is 0 Å². The fourth-order valence-electron chi connectivity index (χ4n) is 1.95. The van der Waals surface area contributed by atoms with E-state index in [1.54, 1.807) is 0 Å². The number of nitrogens with one attached hydrogen (secondary N) is 1. The fraction of sp³-hybridized carbons (Fsp3) is 0.917. The first-order chi connectivity index (χ1) is 6.88. The Hall–Kier alpha value is -0.570. The first kappa shape index (κ1) is 14.4. The van der Waals surface area contributed by atoms with E-state index < -0.39 is 0 Å². The quantitative estimate of drug-likeness (QED) is 0.504. The largest absolute Gasteiger partial charge is 0.388 e. The lowest BCUT2D eigenvalue weighted by Crippen LogP contribution is -2.44. The van der Waals surface area contributed by atoms with Crippen LogP contribution in [0.25, 0.3) is 0 Å². The smallest absolute Gasteiger partial charge is 0.0921 e. The topological polar surface area (TPSA) is 53.1 Å². The van der Waals surface area contributed by atoms with E-state index in [0.717, 1.165) is 13.0 Å². The third-order valence-corrected chi connectivity index (χ3v) is 2.64. The van der Waals surface area contributed by atoms with Crippen LogP contribution in [0.5, 0.6) is 0 Å². The highest BCUT2D eigenvalue weighted by Gasteiger charge is 2.20. The third-order valence-electron chi connectivity index (χ3n) is 2.64. The molecule has 0 fully saturated rings. The van der Waals surface area contributed by atoms with Crippen LogP contribution in [0.1, 0.15) is 47.5 Å². The minimum Gasteiger partial charge on any atom is -0.388 e. The molecule has 15 heavy (non-hydrogen) atoms. The maximum absolute atomic E-state index is 7.40. The lowest BCUT2D eigenvalue weighted by Gasteiger charge is -2.35. The van der Waals surface area contributed by atoms with E-state index in [2.05, 4.69) is 39.5 Å². The van der Waals surface area contributed by atoms with Crippen molar-refractivity contribution in [2.24, 2.45) is 11.7 Å². The van der Waals surface area contributed by atoms with Gasteiger partial charge in [0.2, 0.25) is 0 Å². The van der Waals surface area contributed by atoms with Crippen molar-refractivity contribution in [1.29, 1.82) is 5.41 Å². The summed E-state index contributed by atoms with van der Waals surface area (Å²) >= 11 is 0. The second-order valence-corrected chi connectivity index (χ2v) is 4.98. The molecule has 90 valence electrons. The Morgan fingerprint density at radius 2 is 1.80 bits per heavy atom. The molecule has 3 nitrogen and oxygen atoms in total. The van der Waals surface area contributed by atoms with E-state index in [4.69, 9.17) is 11.1 Å². The molecule has 0 aliphatic heterocycles. The molecule has 3 heteroatoms. The number of nitrogens with zero attached hydrogens (tertiary/aromatic N) is 1. The average molecular weight is 213 g/mol. The van der Waals surface area contributed by atoms with Crippen molar-refractivity contribution in [3.05, 3.63) is 0 Å². The van der Waals surface area contributed by atoms with Gasteiger partial charge in [-0.2, -0.15) is 0 Å². The summed E-state index contributed by atoms with van der Waals surface area (Å²) < 4.78 is 0. The molecule has 0 spiro atoms. The summed E-state index contributed by atoms with van der Waals surface area (Å²) in [6, 6.07) is 0.946. The Labute approximate surface area is 94.5 Å². The molecule has 0 aromatic heterocycles. The van der Waals surface area contributed by atoms with Gasteiger partial charge < -0.3 is 5.73 Å². The molecule has 1 atom stereocenters. The van der Waals surface area contributed by atoms with Crippen molar-refractivity contribution >= 4 is 5.84 Å². The van der Waals surface area contributed by atoms with Gasteiger partial charge in [0, 0.05) is 25.0 Å². The predicted octanol–water partition coefficient (Wildman–Crippen LogP) is 2.46. The standard InChI is InChI=1S/C12H27N3/c1-6-11(7-12(13)14)15(10(4)5)8-9(2)3/h9-11H,6-8H2,1-5H3,(H3,13,14). The van der Waals surface area contributed by atoms with Gasteiger partial charge >= 0.3 is 0 Å². The van der Waals surface area contributed by atoms with Crippen LogP contribution in [0.15, 0.2) is 0 Å². The van der Waals surface area contributed by atoms with Gasteiger partial charge in [-0.3, -0.25) is 10.3 Å². The highest BCUT2D eigenvalue weighted by atomic mass is 15.2. The first-order valence-electron chi connectivity index (χ1n) is 5.97. The van der Waals surface area contributed by atoms with Crippen LogP contribution in [0, 0.1) is 11.3 Å². The van der Waals surface area contributed by atoms with Gasteiger partial charge in [0.15, 0.2) is 0 Å². The van der Waals surface area contributed by atoms with Crippen molar-refractivity contribution in [3.8, 4) is 0 Å². The van der Waals surface area contributed by atoms with Crippen molar-refractivity contribution in [1.82, 2.24) is 4.90 Å². The number of amidine groups is 1. The Bertz CT molecular complexity index is 187. The lowest BCUT2D eigenvalue weighted by atomic mass is 10.0. The second-order valence-electron chi connectivity index (χ2n) is 4.98. The van der Waals surface area contributed by atoms with E-state index in [1.807, 2.05) is 0 Å². The molecule has 0 aromatic rings. The van der Waals surface area contributed by atoms with E-state index in [9.17, 15) is 0 Å². The fourth-order valence-corrected chi connectivity index (χ4v) is 1.95. The zero-order valence-corrected chi connectivity index (χ0v) is 10.9. The number of rotatable bonds is 7. The van der Waals surface area contributed by atoms with E-state index in [-0.39, 0.29) is 0 Å². The molecule has 0 bridgehead atoms. The summed E-state index contributed by atoms with van der Waals surface area (Å²) in [5.41, 5.74) is 5.49. The summed E-state index contributed by atoms with van der Waals surface area (Å²) in [6.07, 6.45) is 1.76. The predicted molar refractivity (Wildman–Crippen MR) is 67.3 cm³/mol. The average Bonchev–Trinajstić information content (AvgIpc) is 2.09. The van der Waals surface area contributed by atoms with Gasteiger partial charge in [0.05, 0.1) is 5.84 Å². The third kappa shape index (κ3) is 5.78. The zero-order chi connectivity index (χ0) is 12.0. The number of hydrogen-bond acceptors (Lipinski definition) is 2. The monoisotopic (exact) mass is 213 g/mol.